The van der Waals surface area contributed by atoms with E-state index >= 15 is 0 Å². The maximum atomic E-state index is 14.0. The fourth-order valence-electron chi connectivity index (χ4n) is 1.65. The van der Waals surface area contributed by atoms with E-state index in [-0.39, 0.29) is 11.6 Å². The van der Waals surface area contributed by atoms with Crippen LogP contribution >= 0.6 is 0 Å². The second kappa shape index (κ2) is 5.75. The van der Waals surface area contributed by atoms with Crippen LogP contribution in [0, 0.1) is 18.6 Å². The summed E-state index contributed by atoms with van der Waals surface area (Å²) in [5, 5.41) is 2.84. The number of rotatable bonds is 4. The van der Waals surface area contributed by atoms with Crippen LogP contribution in [0.3, 0.4) is 0 Å². The predicted octanol–water partition coefficient (Wildman–Crippen LogP) is 3.18. The van der Waals surface area contributed by atoms with Crippen LogP contribution in [0.25, 0.3) is 0 Å². The molecule has 0 amide bonds. The zero-order chi connectivity index (χ0) is 13.8. The Balaban J connectivity index is 2.33. The molecule has 1 heterocycles. The van der Waals surface area contributed by atoms with E-state index in [1.807, 2.05) is 0 Å². The Kier molecular flexibility index (Phi) is 4.06. The average molecular weight is 264 g/mol. The largest absolute Gasteiger partial charge is 0.433 e. The van der Waals surface area contributed by atoms with Gasteiger partial charge in [-0.25, -0.2) is 13.8 Å². The van der Waals surface area contributed by atoms with Crippen molar-refractivity contribution in [1.29, 1.82) is 0 Å². The van der Waals surface area contributed by atoms with Crippen molar-refractivity contribution in [3.63, 3.8) is 0 Å². The van der Waals surface area contributed by atoms with Gasteiger partial charge in [0, 0.05) is 18.3 Å². The molecule has 3 nitrogen and oxygen atoms in total. The summed E-state index contributed by atoms with van der Waals surface area (Å²) in [6.07, 6.45) is 1.43. The van der Waals surface area contributed by atoms with Gasteiger partial charge < -0.3 is 10.1 Å². The molecule has 2 aromatic rings. The molecule has 0 aliphatic rings. The summed E-state index contributed by atoms with van der Waals surface area (Å²) in [5.74, 6) is -1.39. The van der Waals surface area contributed by atoms with Crippen LogP contribution < -0.4 is 10.1 Å². The third-order valence-corrected chi connectivity index (χ3v) is 2.60. The summed E-state index contributed by atoms with van der Waals surface area (Å²) in [5.41, 5.74) is 1.24. The van der Waals surface area contributed by atoms with Crippen molar-refractivity contribution < 1.29 is 13.5 Å². The van der Waals surface area contributed by atoms with E-state index in [1.165, 1.54) is 18.3 Å². The van der Waals surface area contributed by atoms with Gasteiger partial charge in [-0.15, -0.1) is 0 Å². The zero-order valence-electron chi connectivity index (χ0n) is 10.7. The maximum Gasteiger partial charge on any atom is 0.256 e. The van der Waals surface area contributed by atoms with Crippen molar-refractivity contribution >= 4 is 0 Å². The van der Waals surface area contributed by atoms with E-state index in [9.17, 15) is 8.78 Å². The van der Waals surface area contributed by atoms with Crippen LogP contribution in [0.1, 0.15) is 11.1 Å². The number of hydrogen-bond acceptors (Lipinski definition) is 3. The number of pyridine rings is 1. The maximum absolute atomic E-state index is 14.0. The highest BCUT2D eigenvalue weighted by Crippen LogP contribution is 2.27. The monoisotopic (exact) mass is 264 g/mol. The van der Waals surface area contributed by atoms with Crippen LogP contribution in [0.15, 0.2) is 30.5 Å². The lowest BCUT2D eigenvalue weighted by atomic mass is 10.2. The van der Waals surface area contributed by atoms with Crippen molar-refractivity contribution in [2.75, 3.05) is 7.05 Å². The van der Waals surface area contributed by atoms with E-state index in [4.69, 9.17) is 4.74 Å². The van der Waals surface area contributed by atoms with Gasteiger partial charge in [-0.05, 0) is 37.7 Å². The molecule has 0 spiro atoms. The lowest BCUT2D eigenvalue weighted by Gasteiger charge is -2.09. The van der Waals surface area contributed by atoms with E-state index in [0.29, 0.717) is 12.1 Å². The molecule has 0 saturated heterocycles. The van der Waals surface area contributed by atoms with Crippen molar-refractivity contribution in [3.8, 4) is 11.6 Å². The van der Waals surface area contributed by atoms with Crippen LogP contribution in [-0.4, -0.2) is 12.0 Å². The van der Waals surface area contributed by atoms with Crippen LogP contribution in [0.5, 0.6) is 11.6 Å². The SMILES string of the molecule is CNCc1ccnc(Oc2cc(C)ccc2F)c1F. The molecule has 0 bridgehead atoms. The van der Waals surface area contributed by atoms with Crippen molar-refractivity contribution in [1.82, 2.24) is 10.3 Å². The molecule has 19 heavy (non-hydrogen) atoms. The molecule has 0 radical (unpaired) electrons. The van der Waals surface area contributed by atoms with Crippen LogP contribution in [0.4, 0.5) is 8.78 Å². The van der Waals surface area contributed by atoms with Gasteiger partial charge in [-0.2, -0.15) is 0 Å². The minimum absolute atomic E-state index is 0.0343. The normalized spacial score (nSPS) is 10.5. The fraction of sp³-hybridized carbons (Fsp3) is 0.214. The standard InChI is InChI=1S/C14H14F2N2O/c1-9-3-4-11(15)12(7-9)19-14-13(16)10(8-17-2)5-6-18-14/h3-7,17H,8H2,1-2H3. The number of benzene rings is 1. The van der Waals surface area contributed by atoms with Crippen molar-refractivity contribution in [3.05, 3.63) is 53.2 Å². The zero-order valence-corrected chi connectivity index (χ0v) is 10.7. The minimum Gasteiger partial charge on any atom is -0.433 e. The quantitative estimate of drug-likeness (QED) is 0.921. The molecule has 0 fully saturated rings. The Hall–Kier alpha value is -2.01. The Morgan fingerprint density at radius 2 is 2.05 bits per heavy atom. The second-order valence-corrected chi connectivity index (χ2v) is 4.16. The fourth-order valence-corrected chi connectivity index (χ4v) is 1.65. The third-order valence-electron chi connectivity index (χ3n) is 2.60. The topological polar surface area (TPSA) is 34.2 Å². The molecule has 100 valence electrons. The first-order valence-electron chi connectivity index (χ1n) is 5.84. The number of aromatic nitrogens is 1. The Bertz CT molecular complexity index is 588. The van der Waals surface area contributed by atoms with Crippen LogP contribution in [0.2, 0.25) is 0 Å². The van der Waals surface area contributed by atoms with Gasteiger partial charge in [0.2, 0.25) is 0 Å². The summed E-state index contributed by atoms with van der Waals surface area (Å²) >= 11 is 0. The van der Waals surface area contributed by atoms with Gasteiger partial charge in [0.15, 0.2) is 17.4 Å². The number of nitrogens with zero attached hydrogens (tertiary/aromatic N) is 1. The summed E-state index contributed by atoms with van der Waals surface area (Å²) < 4.78 is 32.8. The molecule has 1 aromatic heterocycles. The predicted molar refractivity (Wildman–Crippen MR) is 68.2 cm³/mol. The van der Waals surface area contributed by atoms with Gasteiger partial charge in [0.05, 0.1) is 0 Å². The molecular formula is C14H14F2N2O. The first kappa shape index (κ1) is 13.4. The number of hydrogen-bond donors (Lipinski definition) is 1. The van der Waals surface area contributed by atoms with Gasteiger partial charge in [0.25, 0.3) is 5.88 Å². The van der Waals surface area contributed by atoms with Gasteiger partial charge in [-0.3, -0.25) is 0 Å². The smallest absolute Gasteiger partial charge is 0.256 e. The first-order chi connectivity index (χ1) is 9.11. The molecule has 1 N–H and O–H groups in total. The number of nitrogens with one attached hydrogen (secondary N) is 1. The number of aryl methyl sites for hydroxylation is 1. The molecule has 0 unspecified atom stereocenters. The molecule has 2 rings (SSSR count). The molecular weight excluding hydrogens is 250 g/mol. The van der Waals surface area contributed by atoms with Gasteiger partial charge >= 0.3 is 0 Å². The number of halogens is 2. The first-order valence-corrected chi connectivity index (χ1v) is 5.84. The van der Waals surface area contributed by atoms with E-state index in [1.54, 1.807) is 26.1 Å². The van der Waals surface area contributed by atoms with Gasteiger partial charge in [-0.1, -0.05) is 6.07 Å². The van der Waals surface area contributed by atoms with Crippen molar-refractivity contribution in [2.45, 2.75) is 13.5 Å². The lowest BCUT2D eigenvalue weighted by Crippen LogP contribution is -2.08. The highest BCUT2D eigenvalue weighted by molar-refractivity contribution is 5.34. The van der Waals surface area contributed by atoms with E-state index < -0.39 is 11.6 Å². The lowest BCUT2D eigenvalue weighted by molar-refractivity contribution is 0.395. The number of ether oxygens (including phenoxy) is 1. The Morgan fingerprint density at radius 3 is 2.79 bits per heavy atom. The van der Waals surface area contributed by atoms with E-state index in [0.717, 1.165) is 5.56 Å². The third kappa shape index (κ3) is 3.06. The molecule has 1 aromatic carbocycles. The summed E-state index contributed by atoms with van der Waals surface area (Å²) in [6.45, 7) is 2.15. The van der Waals surface area contributed by atoms with Crippen LogP contribution in [-0.2, 0) is 6.54 Å². The Morgan fingerprint density at radius 1 is 1.26 bits per heavy atom. The molecule has 0 atom stereocenters. The molecule has 5 heteroatoms. The minimum atomic E-state index is -0.585. The summed E-state index contributed by atoms with van der Waals surface area (Å²) in [6, 6.07) is 5.94. The van der Waals surface area contributed by atoms with Crippen molar-refractivity contribution in [2.24, 2.45) is 0 Å². The summed E-state index contributed by atoms with van der Waals surface area (Å²) in [7, 11) is 1.71. The molecule has 0 saturated carbocycles. The summed E-state index contributed by atoms with van der Waals surface area (Å²) in [4.78, 5) is 3.80. The molecule has 0 aliphatic carbocycles. The second-order valence-electron chi connectivity index (χ2n) is 4.16. The Labute approximate surface area is 110 Å². The molecule has 0 aliphatic heterocycles. The van der Waals surface area contributed by atoms with E-state index in [2.05, 4.69) is 10.3 Å². The van der Waals surface area contributed by atoms with Gasteiger partial charge in [0.1, 0.15) is 0 Å². The average Bonchev–Trinajstić information content (AvgIpc) is 2.39. The highest BCUT2D eigenvalue weighted by atomic mass is 19.1. The highest BCUT2D eigenvalue weighted by Gasteiger charge is 2.13.